The second kappa shape index (κ2) is 6.63. The lowest BCUT2D eigenvalue weighted by atomic mass is 10.1. The average molecular weight is 325 g/mol. The standard InChI is InChI=1S/C13H15ClF2O3S/c1-3-4-7-20(19)11-8(2)9(12(17)18)5-6-10(11)13(14,15)16/h5-6H,3-4,7H2,1-2H3,(H,17,18)/t20-/m1/s1. The number of hydrogen-bond acceptors (Lipinski definition) is 2. The first kappa shape index (κ1) is 17.0. The Hall–Kier alpha value is -1.01. The Morgan fingerprint density at radius 3 is 2.50 bits per heavy atom. The van der Waals surface area contributed by atoms with Crippen LogP contribution < -0.4 is 0 Å². The summed E-state index contributed by atoms with van der Waals surface area (Å²) < 4.78 is 39.0. The van der Waals surface area contributed by atoms with Crippen LogP contribution in [0.5, 0.6) is 0 Å². The maximum Gasteiger partial charge on any atom is 0.349 e. The topological polar surface area (TPSA) is 54.4 Å². The molecule has 0 amide bonds. The van der Waals surface area contributed by atoms with Crippen molar-refractivity contribution in [2.24, 2.45) is 0 Å². The summed E-state index contributed by atoms with van der Waals surface area (Å²) in [5.74, 6) is -1.05. The van der Waals surface area contributed by atoms with E-state index in [4.69, 9.17) is 16.7 Å². The second-order valence-corrected chi connectivity index (χ2v) is 6.30. The van der Waals surface area contributed by atoms with E-state index in [9.17, 15) is 17.8 Å². The zero-order valence-electron chi connectivity index (χ0n) is 11.1. The van der Waals surface area contributed by atoms with Crippen molar-refractivity contribution in [2.75, 3.05) is 5.75 Å². The zero-order valence-corrected chi connectivity index (χ0v) is 12.7. The van der Waals surface area contributed by atoms with E-state index >= 15 is 0 Å². The minimum atomic E-state index is -3.68. The van der Waals surface area contributed by atoms with Gasteiger partial charge in [-0.15, -0.1) is 0 Å². The third-order valence-electron chi connectivity index (χ3n) is 2.85. The molecule has 0 spiro atoms. The molecule has 0 saturated carbocycles. The van der Waals surface area contributed by atoms with Gasteiger partial charge in [-0.05, 0) is 42.6 Å². The molecule has 1 aromatic carbocycles. The van der Waals surface area contributed by atoms with Crippen molar-refractivity contribution in [3.05, 3.63) is 28.8 Å². The van der Waals surface area contributed by atoms with Crippen LogP contribution in [0.15, 0.2) is 17.0 Å². The van der Waals surface area contributed by atoms with Crippen LogP contribution in [-0.2, 0) is 16.2 Å². The van der Waals surface area contributed by atoms with E-state index in [2.05, 4.69) is 0 Å². The van der Waals surface area contributed by atoms with Gasteiger partial charge in [-0.3, -0.25) is 4.21 Å². The van der Waals surface area contributed by atoms with E-state index in [1.165, 1.54) is 6.92 Å². The normalized spacial score (nSPS) is 13.2. The van der Waals surface area contributed by atoms with Gasteiger partial charge < -0.3 is 5.11 Å². The van der Waals surface area contributed by atoms with Gasteiger partial charge in [0, 0.05) is 5.75 Å². The van der Waals surface area contributed by atoms with Crippen molar-refractivity contribution in [2.45, 2.75) is 37.0 Å². The molecule has 20 heavy (non-hydrogen) atoms. The molecule has 7 heteroatoms. The molecule has 0 aliphatic heterocycles. The van der Waals surface area contributed by atoms with Crippen LogP contribution in [0.2, 0.25) is 0 Å². The van der Waals surface area contributed by atoms with Crippen molar-refractivity contribution in [3.63, 3.8) is 0 Å². The van der Waals surface area contributed by atoms with Crippen molar-refractivity contribution in [1.29, 1.82) is 0 Å². The van der Waals surface area contributed by atoms with Gasteiger partial charge in [0.05, 0.1) is 26.8 Å². The Morgan fingerprint density at radius 1 is 1.45 bits per heavy atom. The van der Waals surface area contributed by atoms with Crippen molar-refractivity contribution in [3.8, 4) is 0 Å². The van der Waals surface area contributed by atoms with Gasteiger partial charge in [0.2, 0.25) is 0 Å². The van der Waals surface area contributed by atoms with E-state index in [1.807, 2.05) is 6.92 Å². The lowest BCUT2D eigenvalue weighted by Gasteiger charge is -2.17. The minimum absolute atomic E-state index is 0.0739. The van der Waals surface area contributed by atoms with Gasteiger partial charge in [0.1, 0.15) is 0 Å². The lowest BCUT2D eigenvalue weighted by Crippen LogP contribution is -2.15. The highest BCUT2D eigenvalue weighted by Crippen LogP contribution is 2.38. The summed E-state index contributed by atoms with van der Waals surface area (Å²) in [4.78, 5) is 10.9. The number of unbranched alkanes of at least 4 members (excludes halogenated alkanes) is 1. The molecule has 3 nitrogen and oxygen atoms in total. The first-order valence-electron chi connectivity index (χ1n) is 6.02. The van der Waals surface area contributed by atoms with E-state index < -0.39 is 27.7 Å². The molecule has 0 bridgehead atoms. The molecule has 1 atom stereocenters. The van der Waals surface area contributed by atoms with Gasteiger partial charge in [0.25, 0.3) is 0 Å². The number of benzene rings is 1. The smallest absolute Gasteiger partial charge is 0.349 e. The number of halogens is 3. The monoisotopic (exact) mass is 324 g/mol. The number of carboxylic acids is 1. The minimum Gasteiger partial charge on any atom is -0.478 e. The van der Waals surface area contributed by atoms with Crippen molar-refractivity contribution < 1.29 is 22.9 Å². The van der Waals surface area contributed by atoms with Crippen LogP contribution in [0.25, 0.3) is 0 Å². The molecule has 0 aromatic heterocycles. The predicted molar refractivity (Wildman–Crippen MR) is 74.1 cm³/mol. The van der Waals surface area contributed by atoms with Crippen LogP contribution in [0, 0.1) is 6.92 Å². The average Bonchev–Trinajstić information content (AvgIpc) is 2.33. The van der Waals surface area contributed by atoms with Gasteiger partial charge in [-0.1, -0.05) is 13.3 Å². The molecule has 112 valence electrons. The maximum atomic E-state index is 13.4. The number of carbonyl (C=O) groups is 1. The molecule has 0 aliphatic rings. The third-order valence-corrected chi connectivity index (χ3v) is 4.70. The fraction of sp³-hybridized carbons (Fsp3) is 0.462. The highest BCUT2D eigenvalue weighted by Gasteiger charge is 2.34. The largest absolute Gasteiger partial charge is 0.478 e. The molecular weight excluding hydrogens is 310 g/mol. The lowest BCUT2D eigenvalue weighted by molar-refractivity contribution is 0.0693. The molecular formula is C13H15ClF2O3S. The van der Waals surface area contributed by atoms with Gasteiger partial charge in [0.15, 0.2) is 0 Å². The van der Waals surface area contributed by atoms with Crippen LogP contribution in [0.3, 0.4) is 0 Å². The molecule has 1 N–H and O–H groups in total. The molecule has 0 radical (unpaired) electrons. The Kier molecular flexibility index (Phi) is 5.65. The molecule has 0 saturated heterocycles. The molecule has 0 heterocycles. The van der Waals surface area contributed by atoms with Crippen molar-refractivity contribution >= 4 is 28.4 Å². The van der Waals surface area contributed by atoms with Crippen LogP contribution in [0.1, 0.15) is 41.3 Å². The molecule has 0 fully saturated rings. The van der Waals surface area contributed by atoms with E-state index in [-0.39, 0.29) is 21.8 Å². The van der Waals surface area contributed by atoms with Gasteiger partial charge in [-0.25, -0.2) is 4.79 Å². The Morgan fingerprint density at radius 2 is 2.05 bits per heavy atom. The highest BCUT2D eigenvalue weighted by molar-refractivity contribution is 7.85. The Labute approximate surface area is 123 Å². The van der Waals surface area contributed by atoms with Crippen molar-refractivity contribution in [1.82, 2.24) is 0 Å². The summed E-state index contributed by atoms with van der Waals surface area (Å²) in [5, 5.41) is 5.34. The van der Waals surface area contributed by atoms with E-state index in [0.717, 1.165) is 18.6 Å². The SMILES string of the molecule is CCCC[S@@](=O)c1c(C(F)(F)Cl)ccc(C(=O)O)c1C. The second-order valence-electron chi connectivity index (χ2n) is 4.32. The first-order valence-corrected chi connectivity index (χ1v) is 7.72. The summed E-state index contributed by atoms with van der Waals surface area (Å²) in [6.45, 7) is 3.25. The number of rotatable bonds is 6. The van der Waals surface area contributed by atoms with E-state index in [0.29, 0.717) is 6.42 Å². The van der Waals surface area contributed by atoms with Gasteiger partial charge >= 0.3 is 11.4 Å². The Balaban J connectivity index is 3.45. The van der Waals surface area contributed by atoms with Crippen LogP contribution in [-0.4, -0.2) is 21.0 Å². The number of aromatic carboxylic acids is 1. The molecule has 1 rings (SSSR count). The third kappa shape index (κ3) is 3.76. The Bertz CT molecular complexity index is 541. The molecule has 1 aromatic rings. The highest BCUT2D eigenvalue weighted by atomic mass is 35.5. The molecule has 0 aliphatic carbocycles. The summed E-state index contributed by atoms with van der Waals surface area (Å²) in [6.07, 6.45) is 1.35. The zero-order chi connectivity index (χ0) is 15.5. The van der Waals surface area contributed by atoms with Gasteiger partial charge in [-0.2, -0.15) is 8.78 Å². The molecule has 0 unspecified atom stereocenters. The quantitative estimate of drug-likeness (QED) is 0.808. The summed E-state index contributed by atoms with van der Waals surface area (Å²) in [6, 6.07) is 1.99. The number of hydrogen-bond donors (Lipinski definition) is 1. The number of alkyl halides is 3. The first-order chi connectivity index (χ1) is 9.20. The van der Waals surface area contributed by atoms with Crippen LogP contribution in [0.4, 0.5) is 8.78 Å². The predicted octanol–water partition coefficient (Wildman–Crippen LogP) is 3.89. The fourth-order valence-electron chi connectivity index (χ4n) is 1.82. The fourth-order valence-corrected chi connectivity index (χ4v) is 3.68. The number of carboxylic acid groups (broad SMARTS) is 1. The summed E-state index contributed by atoms with van der Waals surface area (Å²) >= 11 is 5.03. The maximum absolute atomic E-state index is 13.4. The van der Waals surface area contributed by atoms with Crippen LogP contribution >= 0.6 is 11.6 Å². The van der Waals surface area contributed by atoms with E-state index in [1.54, 1.807) is 0 Å². The summed E-state index contributed by atoms with van der Waals surface area (Å²) in [5.41, 5.74) is -0.657. The summed E-state index contributed by atoms with van der Waals surface area (Å²) in [7, 11) is -1.71.